The van der Waals surface area contributed by atoms with Crippen molar-refractivity contribution in [2.24, 2.45) is 0 Å². The predicted octanol–water partition coefficient (Wildman–Crippen LogP) is 2.64. The summed E-state index contributed by atoms with van der Waals surface area (Å²) in [4.78, 5) is 22.3. The summed E-state index contributed by atoms with van der Waals surface area (Å²) in [5, 5.41) is 2.74. The fourth-order valence-corrected chi connectivity index (χ4v) is 5.21. The van der Waals surface area contributed by atoms with Gasteiger partial charge in [-0.1, -0.05) is 6.07 Å². The van der Waals surface area contributed by atoms with Crippen molar-refractivity contribution >= 4 is 33.0 Å². The van der Waals surface area contributed by atoms with E-state index in [1.165, 1.54) is 18.3 Å². The topological polar surface area (TPSA) is 92.3 Å². The minimum absolute atomic E-state index is 0.0363. The molecule has 3 aromatic rings. The van der Waals surface area contributed by atoms with Crippen LogP contribution in [0.1, 0.15) is 18.2 Å². The molecule has 0 unspecified atom stereocenters. The van der Waals surface area contributed by atoms with Crippen molar-refractivity contribution in [3.63, 3.8) is 0 Å². The summed E-state index contributed by atoms with van der Waals surface area (Å²) >= 11 is 1.49. The second-order valence-corrected chi connectivity index (χ2v) is 9.34. The molecule has 0 spiro atoms. The van der Waals surface area contributed by atoms with Crippen LogP contribution in [-0.4, -0.2) is 37.4 Å². The molecule has 9 heteroatoms. The largest absolute Gasteiger partial charge is 0.312 e. The molecule has 4 rings (SSSR count). The summed E-state index contributed by atoms with van der Waals surface area (Å²) in [6, 6.07) is 10.6. The van der Waals surface area contributed by atoms with E-state index in [9.17, 15) is 13.2 Å². The average Bonchev–Trinajstić information content (AvgIpc) is 3.35. The number of benzene rings is 1. The van der Waals surface area contributed by atoms with Gasteiger partial charge in [-0.25, -0.2) is 18.1 Å². The molecule has 0 saturated carbocycles. The lowest BCUT2D eigenvalue weighted by atomic mass is 10.2. The van der Waals surface area contributed by atoms with Crippen LogP contribution in [0.5, 0.6) is 0 Å². The van der Waals surface area contributed by atoms with Gasteiger partial charge in [-0.2, -0.15) is 0 Å². The van der Waals surface area contributed by atoms with E-state index in [0.29, 0.717) is 19.4 Å². The quantitative estimate of drug-likeness (QED) is 0.652. The van der Waals surface area contributed by atoms with Gasteiger partial charge in [0.2, 0.25) is 15.9 Å². The smallest absolute Gasteiger partial charge is 0.240 e. The molecule has 1 N–H and O–H groups in total. The summed E-state index contributed by atoms with van der Waals surface area (Å²) in [7, 11) is -3.63. The Kier molecular flexibility index (Phi) is 5.44. The van der Waals surface area contributed by atoms with Crippen LogP contribution in [0.4, 0.5) is 5.69 Å². The molecule has 1 amide bonds. The number of hydrogen-bond donors (Lipinski definition) is 1. The van der Waals surface area contributed by atoms with Gasteiger partial charge in [0.25, 0.3) is 0 Å². The van der Waals surface area contributed by atoms with Crippen molar-refractivity contribution < 1.29 is 13.2 Å². The van der Waals surface area contributed by atoms with E-state index in [1.54, 1.807) is 29.3 Å². The normalized spacial score (nSPS) is 13.5. The highest BCUT2D eigenvalue weighted by atomic mass is 32.2. The number of carbonyl (C=O) groups excluding carboxylic acids is 1. The average molecular weight is 429 g/mol. The predicted molar refractivity (Wildman–Crippen MR) is 112 cm³/mol. The van der Waals surface area contributed by atoms with E-state index in [2.05, 4.69) is 14.7 Å². The molecule has 0 atom stereocenters. The van der Waals surface area contributed by atoms with Gasteiger partial charge in [0.05, 0.1) is 16.3 Å². The maximum Gasteiger partial charge on any atom is 0.240 e. The van der Waals surface area contributed by atoms with Crippen LogP contribution < -0.4 is 9.62 Å². The standard InChI is InChI=1S/C20H20N4O3S2/c1-14(25)24-11-8-15-12-17(5-6-19(15)24)29(26,27)22-10-7-16-13-28-20(23-16)18-4-2-3-9-21-18/h2-6,9,12-13,22H,7-8,10-11H2,1H3. The Morgan fingerprint density at radius 1 is 1.28 bits per heavy atom. The van der Waals surface area contributed by atoms with E-state index < -0.39 is 10.0 Å². The summed E-state index contributed by atoms with van der Waals surface area (Å²) in [6.45, 7) is 2.35. The van der Waals surface area contributed by atoms with Crippen molar-refractivity contribution in [3.05, 3.63) is 59.2 Å². The first-order valence-electron chi connectivity index (χ1n) is 9.20. The Labute approximate surface area is 173 Å². The fraction of sp³-hybridized carbons (Fsp3) is 0.250. The van der Waals surface area contributed by atoms with Crippen molar-refractivity contribution in [1.82, 2.24) is 14.7 Å². The third-order valence-corrected chi connectivity index (χ3v) is 7.12. The minimum atomic E-state index is -3.63. The Hall–Kier alpha value is -2.62. The van der Waals surface area contributed by atoms with Crippen molar-refractivity contribution in [2.75, 3.05) is 18.0 Å². The molecule has 0 bridgehead atoms. The number of amides is 1. The fourth-order valence-electron chi connectivity index (χ4n) is 3.30. The van der Waals surface area contributed by atoms with Crippen molar-refractivity contribution in [3.8, 4) is 10.7 Å². The molecule has 7 nitrogen and oxygen atoms in total. The zero-order valence-electron chi connectivity index (χ0n) is 15.8. The molecule has 0 fully saturated rings. The molecule has 0 saturated heterocycles. The molecule has 3 heterocycles. The van der Waals surface area contributed by atoms with Crippen molar-refractivity contribution in [1.29, 1.82) is 0 Å². The third-order valence-electron chi connectivity index (χ3n) is 4.75. The number of thiazole rings is 1. The van der Waals surface area contributed by atoms with E-state index in [4.69, 9.17) is 0 Å². The molecule has 2 aromatic heterocycles. The number of fused-ring (bicyclic) bond motifs is 1. The van der Waals surface area contributed by atoms with E-state index in [0.717, 1.165) is 27.6 Å². The highest BCUT2D eigenvalue weighted by Gasteiger charge is 2.24. The first-order chi connectivity index (χ1) is 13.9. The van der Waals surface area contributed by atoms with Crippen LogP contribution in [0.2, 0.25) is 0 Å². The summed E-state index contributed by atoms with van der Waals surface area (Å²) in [6.07, 6.45) is 2.87. The number of rotatable bonds is 6. The number of hydrogen-bond acceptors (Lipinski definition) is 6. The highest BCUT2D eigenvalue weighted by molar-refractivity contribution is 7.89. The summed E-state index contributed by atoms with van der Waals surface area (Å²) in [5.74, 6) is -0.0363. The van der Waals surface area contributed by atoms with Gasteiger partial charge in [0.1, 0.15) is 5.01 Å². The second kappa shape index (κ2) is 8.02. The first-order valence-corrected chi connectivity index (χ1v) is 11.6. The Balaban J connectivity index is 1.40. The van der Waals surface area contributed by atoms with Crippen LogP contribution in [0, 0.1) is 0 Å². The zero-order valence-corrected chi connectivity index (χ0v) is 17.5. The van der Waals surface area contributed by atoms with Gasteiger partial charge in [0.15, 0.2) is 0 Å². The molecule has 150 valence electrons. The number of aromatic nitrogens is 2. The number of nitrogens with zero attached hydrogens (tertiary/aromatic N) is 3. The van der Waals surface area contributed by atoms with Gasteiger partial charge >= 0.3 is 0 Å². The molecule has 29 heavy (non-hydrogen) atoms. The number of anilines is 1. The van der Waals surface area contributed by atoms with Gasteiger partial charge in [0, 0.05) is 43.7 Å². The Morgan fingerprint density at radius 3 is 2.90 bits per heavy atom. The maximum absolute atomic E-state index is 12.6. The van der Waals surface area contributed by atoms with E-state index >= 15 is 0 Å². The molecule has 1 aromatic carbocycles. The van der Waals surface area contributed by atoms with Crippen LogP contribution >= 0.6 is 11.3 Å². The molecule has 0 radical (unpaired) electrons. The van der Waals surface area contributed by atoms with Crippen LogP contribution in [0.3, 0.4) is 0 Å². The minimum Gasteiger partial charge on any atom is -0.312 e. The highest BCUT2D eigenvalue weighted by Crippen LogP contribution is 2.30. The van der Waals surface area contributed by atoms with Crippen LogP contribution in [0.15, 0.2) is 52.9 Å². The van der Waals surface area contributed by atoms with Gasteiger partial charge in [-0.3, -0.25) is 9.78 Å². The van der Waals surface area contributed by atoms with E-state index in [1.807, 2.05) is 23.6 Å². The van der Waals surface area contributed by atoms with Crippen LogP contribution in [-0.2, 0) is 27.7 Å². The van der Waals surface area contributed by atoms with Crippen LogP contribution in [0.25, 0.3) is 10.7 Å². The Morgan fingerprint density at radius 2 is 2.14 bits per heavy atom. The first kappa shape index (κ1) is 19.7. The summed E-state index contributed by atoms with van der Waals surface area (Å²) < 4.78 is 27.9. The van der Waals surface area contributed by atoms with Crippen molar-refractivity contribution in [2.45, 2.75) is 24.7 Å². The number of pyridine rings is 1. The lowest BCUT2D eigenvalue weighted by Crippen LogP contribution is -2.26. The number of carbonyl (C=O) groups is 1. The molecule has 1 aliphatic heterocycles. The van der Waals surface area contributed by atoms with Gasteiger partial charge < -0.3 is 4.90 Å². The Bertz CT molecular complexity index is 1140. The van der Waals surface area contributed by atoms with Gasteiger partial charge in [-0.15, -0.1) is 11.3 Å². The third kappa shape index (κ3) is 4.21. The molecular weight excluding hydrogens is 408 g/mol. The molecule has 0 aliphatic carbocycles. The number of sulfonamides is 1. The zero-order chi connectivity index (χ0) is 20.4. The summed E-state index contributed by atoms with van der Waals surface area (Å²) in [5.41, 5.74) is 3.30. The lowest BCUT2D eigenvalue weighted by Gasteiger charge is -2.15. The SMILES string of the molecule is CC(=O)N1CCc2cc(S(=O)(=O)NCCc3csc(-c4ccccn4)n3)ccc21. The van der Waals surface area contributed by atoms with E-state index in [-0.39, 0.29) is 17.3 Å². The number of nitrogens with one attached hydrogen (secondary N) is 1. The molecule has 1 aliphatic rings. The monoisotopic (exact) mass is 428 g/mol. The second-order valence-electron chi connectivity index (χ2n) is 6.72. The maximum atomic E-state index is 12.6. The lowest BCUT2D eigenvalue weighted by molar-refractivity contribution is -0.116. The van der Waals surface area contributed by atoms with Gasteiger partial charge in [-0.05, 0) is 42.3 Å². The molecular formula is C20H20N4O3S2.